The van der Waals surface area contributed by atoms with Crippen molar-refractivity contribution < 1.29 is 9.59 Å². The van der Waals surface area contributed by atoms with E-state index in [0.29, 0.717) is 23.0 Å². The van der Waals surface area contributed by atoms with Crippen LogP contribution in [0.3, 0.4) is 0 Å². The first kappa shape index (κ1) is 21.3. The first-order valence-electron chi connectivity index (χ1n) is 8.97. The van der Waals surface area contributed by atoms with Gasteiger partial charge >= 0.3 is 0 Å². The normalized spacial score (nSPS) is 11.7. The second kappa shape index (κ2) is 10.3. The number of carbonyl (C=O) groups is 2. The largest absolute Gasteiger partial charge is 0.350 e. The highest BCUT2D eigenvalue weighted by Gasteiger charge is 2.25. The van der Waals surface area contributed by atoms with Crippen molar-refractivity contribution in [1.82, 2.24) is 10.2 Å². The molecular weight excluding hydrogens is 383 g/mol. The van der Waals surface area contributed by atoms with Crippen LogP contribution in [0, 0.1) is 0 Å². The molecule has 0 saturated heterocycles. The lowest BCUT2D eigenvalue weighted by Gasteiger charge is -2.29. The minimum atomic E-state index is -0.588. The SMILES string of the molecule is CCCC(=O)N(Cc1ccccc1)[C@@H](C)C(=O)NCc1ccc(Cl)cc1Cl. The first-order chi connectivity index (χ1) is 12.9. The smallest absolute Gasteiger partial charge is 0.242 e. The van der Waals surface area contributed by atoms with Crippen molar-refractivity contribution in [1.29, 1.82) is 0 Å². The molecule has 0 spiro atoms. The van der Waals surface area contributed by atoms with E-state index < -0.39 is 6.04 Å². The van der Waals surface area contributed by atoms with Crippen LogP contribution < -0.4 is 5.32 Å². The highest BCUT2D eigenvalue weighted by molar-refractivity contribution is 6.35. The van der Waals surface area contributed by atoms with E-state index in [9.17, 15) is 9.59 Å². The number of rotatable bonds is 8. The summed E-state index contributed by atoms with van der Waals surface area (Å²) in [6, 6.07) is 14.2. The molecule has 144 valence electrons. The Kier molecular flexibility index (Phi) is 8.14. The molecule has 4 nitrogen and oxygen atoms in total. The maximum absolute atomic E-state index is 12.7. The topological polar surface area (TPSA) is 49.4 Å². The summed E-state index contributed by atoms with van der Waals surface area (Å²) >= 11 is 12.1. The highest BCUT2D eigenvalue weighted by atomic mass is 35.5. The number of hydrogen-bond donors (Lipinski definition) is 1. The fourth-order valence-corrected chi connectivity index (χ4v) is 3.19. The summed E-state index contributed by atoms with van der Waals surface area (Å²) in [5.74, 6) is -0.255. The summed E-state index contributed by atoms with van der Waals surface area (Å²) in [4.78, 5) is 26.9. The van der Waals surface area contributed by atoms with Crippen LogP contribution in [0.5, 0.6) is 0 Å². The van der Waals surface area contributed by atoms with E-state index in [1.54, 1.807) is 30.0 Å². The molecular formula is C21H24Cl2N2O2. The Labute approximate surface area is 170 Å². The number of nitrogens with one attached hydrogen (secondary N) is 1. The van der Waals surface area contributed by atoms with Crippen LogP contribution in [0.4, 0.5) is 0 Å². The van der Waals surface area contributed by atoms with Crippen molar-refractivity contribution in [3.8, 4) is 0 Å². The summed E-state index contributed by atoms with van der Waals surface area (Å²) in [6.07, 6.45) is 1.15. The van der Waals surface area contributed by atoms with Gasteiger partial charge in [-0.1, -0.05) is 66.5 Å². The Balaban J connectivity index is 2.07. The Morgan fingerprint density at radius 2 is 1.81 bits per heavy atom. The third-order valence-electron chi connectivity index (χ3n) is 4.30. The Morgan fingerprint density at radius 1 is 1.11 bits per heavy atom. The number of benzene rings is 2. The van der Waals surface area contributed by atoms with Crippen LogP contribution in [0.2, 0.25) is 10.0 Å². The number of hydrogen-bond acceptors (Lipinski definition) is 2. The molecule has 2 aromatic rings. The quantitative estimate of drug-likeness (QED) is 0.682. The molecule has 0 unspecified atom stereocenters. The van der Waals surface area contributed by atoms with Crippen molar-refractivity contribution in [3.05, 3.63) is 69.7 Å². The van der Waals surface area contributed by atoms with E-state index in [0.717, 1.165) is 17.5 Å². The summed E-state index contributed by atoms with van der Waals surface area (Å²) in [7, 11) is 0. The van der Waals surface area contributed by atoms with E-state index in [1.165, 1.54) is 0 Å². The van der Waals surface area contributed by atoms with Crippen LogP contribution >= 0.6 is 23.2 Å². The average Bonchev–Trinajstić information content (AvgIpc) is 2.65. The summed E-state index contributed by atoms with van der Waals surface area (Å²) < 4.78 is 0. The van der Waals surface area contributed by atoms with E-state index in [-0.39, 0.29) is 18.4 Å². The monoisotopic (exact) mass is 406 g/mol. The van der Waals surface area contributed by atoms with Gasteiger partial charge in [0.15, 0.2) is 0 Å². The van der Waals surface area contributed by atoms with E-state index in [1.807, 2.05) is 37.3 Å². The molecule has 1 N–H and O–H groups in total. The zero-order valence-electron chi connectivity index (χ0n) is 15.5. The Bertz CT molecular complexity index is 781. The molecule has 2 aromatic carbocycles. The Morgan fingerprint density at radius 3 is 2.44 bits per heavy atom. The van der Waals surface area contributed by atoms with Gasteiger partial charge in [-0.25, -0.2) is 0 Å². The van der Waals surface area contributed by atoms with Gasteiger partial charge in [0, 0.05) is 29.6 Å². The van der Waals surface area contributed by atoms with Gasteiger partial charge in [-0.05, 0) is 36.6 Å². The second-order valence-corrected chi connectivity index (χ2v) is 7.23. The lowest BCUT2D eigenvalue weighted by molar-refractivity contribution is -0.140. The molecule has 0 bridgehead atoms. The average molecular weight is 407 g/mol. The molecule has 0 saturated carbocycles. The molecule has 0 aromatic heterocycles. The molecule has 2 amide bonds. The fraction of sp³-hybridized carbons (Fsp3) is 0.333. The molecule has 6 heteroatoms. The summed E-state index contributed by atoms with van der Waals surface area (Å²) in [5.41, 5.74) is 1.76. The second-order valence-electron chi connectivity index (χ2n) is 6.39. The predicted octanol–water partition coefficient (Wildman–Crippen LogP) is 4.83. The van der Waals surface area contributed by atoms with Gasteiger partial charge in [-0.3, -0.25) is 9.59 Å². The van der Waals surface area contributed by atoms with Gasteiger partial charge in [0.1, 0.15) is 6.04 Å². The maximum atomic E-state index is 12.7. The van der Waals surface area contributed by atoms with Gasteiger partial charge in [0.25, 0.3) is 0 Å². The number of carbonyl (C=O) groups excluding carboxylic acids is 2. The summed E-state index contributed by atoms with van der Waals surface area (Å²) in [6.45, 7) is 4.37. The van der Waals surface area contributed by atoms with Gasteiger partial charge in [-0.2, -0.15) is 0 Å². The molecule has 1 atom stereocenters. The van der Waals surface area contributed by atoms with Crippen LogP contribution in [0.25, 0.3) is 0 Å². The van der Waals surface area contributed by atoms with Crippen molar-refractivity contribution >= 4 is 35.0 Å². The van der Waals surface area contributed by atoms with Crippen molar-refractivity contribution in [2.45, 2.75) is 45.8 Å². The molecule has 0 heterocycles. The minimum absolute atomic E-state index is 0.0338. The first-order valence-corrected chi connectivity index (χ1v) is 9.73. The van der Waals surface area contributed by atoms with E-state index in [4.69, 9.17) is 23.2 Å². The van der Waals surface area contributed by atoms with Crippen molar-refractivity contribution in [2.75, 3.05) is 0 Å². The maximum Gasteiger partial charge on any atom is 0.242 e. The van der Waals surface area contributed by atoms with E-state index >= 15 is 0 Å². The molecule has 27 heavy (non-hydrogen) atoms. The van der Waals surface area contributed by atoms with Gasteiger partial charge in [0.2, 0.25) is 11.8 Å². The molecule has 0 radical (unpaired) electrons. The standard InChI is InChI=1S/C21H24Cl2N2O2/c1-3-7-20(26)25(14-16-8-5-4-6-9-16)15(2)21(27)24-13-17-10-11-18(22)12-19(17)23/h4-6,8-12,15H,3,7,13-14H2,1-2H3,(H,24,27)/t15-/m0/s1. The summed E-state index contributed by atoms with van der Waals surface area (Å²) in [5, 5.41) is 3.90. The highest BCUT2D eigenvalue weighted by Crippen LogP contribution is 2.21. The van der Waals surface area contributed by atoms with Crippen LogP contribution in [-0.4, -0.2) is 22.8 Å². The molecule has 0 aliphatic rings. The number of amides is 2. The molecule has 0 aliphatic heterocycles. The van der Waals surface area contributed by atoms with Crippen LogP contribution in [0.1, 0.15) is 37.8 Å². The van der Waals surface area contributed by atoms with Gasteiger partial charge in [0.05, 0.1) is 0 Å². The lowest BCUT2D eigenvalue weighted by atomic mass is 10.1. The van der Waals surface area contributed by atoms with Crippen LogP contribution in [-0.2, 0) is 22.7 Å². The zero-order valence-corrected chi connectivity index (χ0v) is 17.1. The van der Waals surface area contributed by atoms with Gasteiger partial charge in [-0.15, -0.1) is 0 Å². The lowest BCUT2D eigenvalue weighted by Crippen LogP contribution is -2.47. The van der Waals surface area contributed by atoms with E-state index in [2.05, 4.69) is 5.32 Å². The molecule has 0 aliphatic carbocycles. The fourth-order valence-electron chi connectivity index (χ4n) is 2.72. The predicted molar refractivity (Wildman–Crippen MR) is 110 cm³/mol. The number of halogens is 2. The van der Waals surface area contributed by atoms with Crippen molar-refractivity contribution in [3.63, 3.8) is 0 Å². The third-order valence-corrected chi connectivity index (χ3v) is 4.88. The Hall–Kier alpha value is -2.04. The van der Waals surface area contributed by atoms with Crippen LogP contribution in [0.15, 0.2) is 48.5 Å². The number of nitrogens with zero attached hydrogens (tertiary/aromatic N) is 1. The van der Waals surface area contributed by atoms with Gasteiger partial charge < -0.3 is 10.2 Å². The minimum Gasteiger partial charge on any atom is -0.350 e. The molecule has 0 fully saturated rings. The zero-order chi connectivity index (χ0) is 19.8. The van der Waals surface area contributed by atoms with Crippen molar-refractivity contribution in [2.24, 2.45) is 0 Å². The third kappa shape index (κ3) is 6.26. The molecule has 2 rings (SSSR count).